The Kier molecular flexibility index (Phi) is 8.36. The van der Waals surface area contributed by atoms with Crippen LogP contribution in [0.4, 0.5) is 0 Å². The lowest BCUT2D eigenvalue weighted by molar-refractivity contribution is -0.130. The first-order valence-corrected chi connectivity index (χ1v) is 16.3. The van der Waals surface area contributed by atoms with Gasteiger partial charge in [-0.3, -0.25) is 14.6 Å². The molecule has 43 heavy (non-hydrogen) atoms. The van der Waals surface area contributed by atoms with Crippen LogP contribution in [0.25, 0.3) is 32.6 Å². The number of aryl methyl sites for hydroxylation is 1. The van der Waals surface area contributed by atoms with Gasteiger partial charge >= 0.3 is 0 Å². The summed E-state index contributed by atoms with van der Waals surface area (Å²) in [7, 11) is 6.73. The van der Waals surface area contributed by atoms with E-state index in [1.807, 2.05) is 43.3 Å². The number of fused-ring (bicyclic) bond motifs is 6. The number of methoxy groups -OCH3 is 1. The summed E-state index contributed by atoms with van der Waals surface area (Å²) in [5.41, 5.74) is 2.23. The van der Waals surface area contributed by atoms with Crippen LogP contribution in [0.1, 0.15) is 25.3 Å². The van der Waals surface area contributed by atoms with Crippen molar-refractivity contribution in [1.29, 1.82) is 0 Å². The number of carbonyl (C=O) groups excluding carboxylic acids is 1. The molecule has 2 aromatic carbocycles. The molecule has 0 aliphatic carbocycles. The number of hydrogen-bond acceptors (Lipinski definition) is 9. The third-order valence-corrected chi connectivity index (χ3v) is 10.5. The second kappa shape index (κ2) is 12.3. The van der Waals surface area contributed by atoms with Crippen LogP contribution >= 0.6 is 21.6 Å². The van der Waals surface area contributed by atoms with E-state index in [0.717, 1.165) is 38.7 Å². The molecule has 1 amide bonds. The SMILES string of the molecule is COc1cc2c(=O)n(CCN(C)C(=O)CCC(C)SSc3ccccn3)c3c4cc5c(cc4ncc3c2cc1C)OCO5. The maximum atomic E-state index is 14.1. The number of amides is 1. The average molecular weight is 617 g/mol. The van der Waals surface area contributed by atoms with Gasteiger partial charge < -0.3 is 23.7 Å². The predicted octanol–water partition coefficient (Wildman–Crippen LogP) is 6.21. The van der Waals surface area contributed by atoms with Crippen LogP contribution in [0.15, 0.2) is 64.7 Å². The van der Waals surface area contributed by atoms with Gasteiger partial charge in [-0.1, -0.05) is 23.8 Å². The first-order valence-electron chi connectivity index (χ1n) is 14.1. The topological polar surface area (TPSA) is 95.8 Å². The lowest BCUT2D eigenvalue weighted by Crippen LogP contribution is -2.33. The van der Waals surface area contributed by atoms with Crippen LogP contribution in [-0.2, 0) is 11.3 Å². The highest BCUT2D eigenvalue weighted by atomic mass is 33.1. The number of pyridine rings is 3. The Bertz CT molecular complexity index is 1900. The summed E-state index contributed by atoms with van der Waals surface area (Å²) in [5.74, 6) is 1.94. The molecule has 1 atom stereocenters. The summed E-state index contributed by atoms with van der Waals surface area (Å²) >= 11 is 0. The van der Waals surface area contributed by atoms with E-state index in [1.54, 1.807) is 63.7 Å². The lowest BCUT2D eigenvalue weighted by atomic mass is 10.0. The molecule has 1 aliphatic heterocycles. The van der Waals surface area contributed by atoms with E-state index in [1.165, 1.54) is 0 Å². The number of hydrogen-bond donors (Lipinski definition) is 0. The van der Waals surface area contributed by atoms with Gasteiger partial charge in [0.15, 0.2) is 11.5 Å². The first kappa shape index (κ1) is 29.1. The number of benzene rings is 2. The lowest BCUT2D eigenvalue weighted by Gasteiger charge is -2.21. The average Bonchev–Trinajstić information content (AvgIpc) is 3.49. The Morgan fingerprint density at radius 1 is 1.09 bits per heavy atom. The molecule has 0 saturated heterocycles. The van der Waals surface area contributed by atoms with E-state index in [2.05, 4.69) is 11.9 Å². The van der Waals surface area contributed by atoms with Crippen LogP contribution in [0.5, 0.6) is 17.2 Å². The number of aromatic nitrogens is 3. The quantitative estimate of drug-likeness (QED) is 0.134. The fourth-order valence-corrected chi connectivity index (χ4v) is 7.38. The molecule has 0 fully saturated rings. The Labute approximate surface area is 256 Å². The highest BCUT2D eigenvalue weighted by Gasteiger charge is 2.21. The van der Waals surface area contributed by atoms with Gasteiger partial charge in [0.1, 0.15) is 10.8 Å². The van der Waals surface area contributed by atoms with E-state index in [4.69, 9.17) is 19.2 Å². The number of carbonyl (C=O) groups is 1. The summed E-state index contributed by atoms with van der Waals surface area (Å²) < 4.78 is 18.5. The Balaban J connectivity index is 1.28. The van der Waals surface area contributed by atoms with Crippen molar-refractivity contribution in [3.63, 3.8) is 0 Å². The number of rotatable bonds is 10. The van der Waals surface area contributed by atoms with Crippen molar-refractivity contribution in [2.24, 2.45) is 0 Å². The zero-order chi connectivity index (χ0) is 30.1. The van der Waals surface area contributed by atoms with E-state index in [9.17, 15) is 9.59 Å². The molecule has 0 saturated carbocycles. The Morgan fingerprint density at radius 2 is 1.91 bits per heavy atom. The van der Waals surface area contributed by atoms with Crippen LogP contribution in [0, 0.1) is 6.92 Å². The summed E-state index contributed by atoms with van der Waals surface area (Å²) in [6.07, 6.45) is 4.76. The molecule has 5 aromatic rings. The van der Waals surface area contributed by atoms with E-state index >= 15 is 0 Å². The molecular formula is C32H32N4O5S2. The highest BCUT2D eigenvalue weighted by Crippen LogP contribution is 2.39. The molecule has 0 spiro atoms. The fourth-order valence-electron chi connectivity index (χ4n) is 5.29. The molecule has 1 unspecified atom stereocenters. The Hall–Kier alpha value is -3.96. The van der Waals surface area contributed by atoms with Gasteiger partial charge in [0, 0.05) is 61.0 Å². The molecule has 0 bridgehead atoms. The zero-order valence-corrected chi connectivity index (χ0v) is 26.1. The summed E-state index contributed by atoms with van der Waals surface area (Å²) in [5, 5.41) is 4.22. The molecule has 9 nitrogen and oxygen atoms in total. The maximum absolute atomic E-state index is 14.1. The van der Waals surface area contributed by atoms with Gasteiger partial charge in [-0.25, -0.2) is 4.98 Å². The molecule has 6 rings (SSSR count). The van der Waals surface area contributed by atoms with Crippen LogP contribution in [-0.4, -0.2) is 58.1 Å². The van der Waals surface area contributed by atoms with E-state index < -0.39 is 0 Å². The van der Waals surface area contributed by atoms with Gasteiger partial charge in [0.2, 0.25) is 12.7 Å². The third-order valence-electron chi connectivity index (χ3n) is 7.69. The predicted molar refractivity (Wildman–Crippen MR) is 172 cm³/mol. The van der Waals surface area contributed by atoms with Crippen molar-refractivity contribution in [1.82, 2.24) is 19.4 Å². The molecule has 1 aliphatic rings. The van der Waals surface area contributed by atoms with Gasteiger partial charge in [-0.15, -0.1) is 0 Å². The largest absolute Gasteiger partial charge is 0.496 e. The van der Waals surface area contributed by atoms with Crippen molar-refractivity contribution in [3.05, 3.63) is 70.8 Å². The summed E-state index contributed by atoms with van der Waals surface area (Å²) in [6.45, 7) is 4.91. The first-order chi connectivity index (χ1) is 20.8. The number of nitrogens with zero attached hydrogens (tertiary/aromatic N) is 4. The van der Waals surface area contributed by atoms with Gasteiger partial charge in [0.05, 0.1) is 23.5 Å². The van der Waals surface area contributed by atoms with Crippen molar-refractivity contribution in [2.45, 2.75) is 43.5 Å². The fraction of sp³-hybridized carbons (Fsp3) is 0.312. The second-order valence-corrected chi connectivity index (χ2v) is 13.2. The summed E-state index contributed by atoms with van der Waals surface area (Å²) in [6, 6.07) is 13.3. The molecule has 0 N–H and O–H groups in total. The van der Waals surface area contributed by atoms with Crippen molar-refractivity contribution < 1.29 is 19.0 Å². The van der Waals surface area contributed by atoms with Gasteiger partial charge in [-0.05, 0) is 65.4 Å². The number of likely N-dealkylation sites (N-methyl/N-ethyl adjacent to an activating group) is 1. The van der Waals surface area contributed by atoms with Crippen LogP contribution in [0.2, 0.25) is 0 Å². The minimum Gasteiger partial charge on any atom is -0.496 e. The van der Waals surface area contributed by atoms with Crippen LogP contribution < -0.4 is 19.8 Å². The summed E-state index contributed by atoms with van der Waals surface area (Å²) in [4.78, 5) is 38.0. The maximum Gasteiger partial charge on any atom is 0.259 e. The van der Waals surface area contributed by atoms with E-state index in [0.29, 0.717) is 47.7 Å². The highest BCUT2D eigenvalue weighted by molar-refractivity contribution is 8.76. The van der Waals surface area contributed by atoms with Crippen molar-refractivity contribution in [3.8, 4) is 17.2 Å². The molecule has 222 valence electrons. The molecule has 0 radical (unpaired) electrons. The smallest absolute Gasteiger partial charge is 0.259 e. The minimum atomic E-state index is -0.150. The number of ether oxygens (including phenoxy) is 3. The molecule has 11 heteroatoms. The minimum absolute atomic E-state index is 0.0422. The standard InChI is InChI=1S/C32H32N4O5S2/c1-19-13-21-22(14-26(19)39-4)32(38)36(31-23-15-27-28(41-18-40-27)16-25(23)34-17-24(21)31)12-11-35(3)30(37)9-8-20(2)42-43-29-7-5-6-10-33-29/h5-7,10,13-17,20H,8-9,11-12,18H2,1-4H3. The van der Waals surface area contributed by atoms with Gasteiger partial charge in [0.25, 0.3) is 5.56 Å². The van der Waals surface area contributed by atoms with Gasteiger partial charge in [-0.2, -0.15) is 0 Å². The van der Waals surface area contributed by atoms with E-state index in [-0.39, 0.29) is 23.5 Å². The second-order valence-electron chi connectivity index (χ2n) is 10.6. The van der Waals surface area contributed by atoms with Crippen LogP contribution in [0.3, 0.4) is 0 Å². The zero-order valence-electron chi connectivity index (χ0n) is 24.5. The molecule has 4 heterocycles. The normalized spacial score (nSPS) is 13.1. The monoisotopic (exact) mass is 616 g/mol. The third kappa shape index (κ3) is 5.83. The van der Waals surface area contributed by atoms with Crippen molar-refractivity contribution >= 4 is 60.1 Å². The Morgan fingerprint density at radius 3 is 2.67 bits per heavy atom. The van der Waals surface area contributed by atoms with Crippen molar-refractivity contribution in [2.75, 3.05) is 27.5 Å². The molecule has 3 aromatic heterocycles. The molecular weight excluding hydrogens is 585 g/mol.